The van der Waals surface area contributed by atoms with E-state index in [0.717, 1.165) is 20.0 Å². The first-order valence-corrected chi connectivity index (χ1v) is 10.2. The van der Waals surface area contributed by atoms with E-state index in [1.54, 1.807) is 42.6 Å². The number of carbonyl (C=O) groups is 2. The molecule has 2 aromatic carbocycles. The topological polar surface area (TPSA) is 91.5 Å². The number of hydrogen-bond acceptors (Lipinski definition) is 6. The van der Waals surface area contributed by atoms with Crippen LogP contribution in [-0.4, -0.2) is 23.5 Å². The van der Waals surface area contributed by atoms with E-state index in [0.29, 0.717) is 11.3 Å². The lowest BCUT2D eigenvalue weighted by Crippen LogP contribution is -2.20. The fourth-order valence-electron chi connectivity index (χ4n) is 2.37. The van der Waals surface area contributed by atoms with Crippen molar-refractivity contribution in [3.8, 4) is 5.75 Å². The van der Waals surface area contributed by atoms with Gasteiger partial charge in [0.25, 0.3) is 5.91 Å². The number of rotatable bonds is 8. The summed E-state index contributed by atoms with van der Waals surface area (Å²) in [4.78, 5) is 28.5. The minimum absolute atomic E-state index is 0.0716. The minimum atomic E-state index is -0.559. The van der Waals surface area contributed by atoms with Crippen LogP contribution in [0, 0.1) is 0 Å². The van der Waals surface area contributed by atoms with Gasteiger partial charge in [0.1, 0.15) is 17.4 Å². The molecule has 0 radical (unpaired) electrons. The van der Waals surface area contributed by atoms with Crippen LogP contribution in [0.4, 0.5) is 0 Å². The molecule has 0 aliphatic heterocycles. The normalized spacial score (nSPS) is 10.4. The molecule has 0 spiro atoms. The molecule has 3 aromatic rings. The summed E-state index contributed by atoms with van der Waals surface area (Å²) >= 11 is 4.74. The molecule has 1 aromatic heterocycles. The van der Waals surface area contributed by atoms with E-state index < -0.39 is 11.9 Å². The Labute approximate surface area is 180 Å². The average Bonchev–Trinajstić information content (AvgIpc) is 2.73. The van der Waals surface area contributed by atoms with Crippen LogP contribution in [0.15, 0.2) is 81.3 Å². The lowest BCUT2D eigenvalue weighted by Gasteiger charge is -2.10. The molecule has 148 valence electrons. The Morgan fingerprint density at radius 3 is 2.66 bits per heavy atom. The van der Waals surface area contributed by atoms with Crippen molar-refractivity contribution in [2.24, 2.45) is 5.73 Å². The van der Waals surface area contributed by atoms with E-state index in [2.05, 4.69) is 20.9 Å². The van der Waals surface area contributed by atoms with Gasteiger partial charge in [0.15, 0.2) is 6.61 Å². The smallest absolute Gasteiger partial charge is 0.339 e. The van der Waals surface area contributed by atoms with Crippen LogP contribution in [0.2, 0.25) is 0 Å². The Hall–Kier alpha value is -2.84. The number of halogens is 1. The number of carbonyl (C=O) groups excluding carboxylic acids is 2. The summed E-state index contributed by atoms with van der Waals surface area (Å²) in [5.74, 6) is -0.514. The average molecular weight is 473 g/mol. The maximum atomic E-state index is 12.6. The summed E-state index contributed by atoms with van der Waals surface area (Å²) in [7, 11) is 0. The first-order valence-electron chi connectivity index (χ1n) is 8.57. The van der Waals surface area contributed by atoms with Crippen LogP contribution in [0.25, 0.3) is 0 Å². The highest BCUT2D eigenvalue weighted by Gasteiger charge is 2.14. The standard InChI is InChI=1S/C21H17BrN2O4S/c22-15-8-9-20(24-11-15)29-18-7-2-1-6-17(18)21(26)28-12-14-4-3-5-16(10-14)27-13-19(23)25/h1-11H,12-13H2,(H2,23,25). The third kappa shape index (κ3) is 6.33. The van der Waals surface area contributed by atoms with Gasteiger partial charge in [-0.05, 0) is 57.9 Å². The maximum absolute atomic E-state index is 12.6. The van der Waals surface area contributed by atoms with Gasteiger partial charge in [0, 0.05) is 15.6 Å². The molecule has 1 amide bonds. The number of amides is 1. The zero-order valence-electron chi connectivity index (χ0n) is 15.2. The second-order valence-corrected chi connectivity index (χ2v) is 7.87. The van der Waals surface area contributed by atoms with Crippen LogP contribution < -0.4 is 10.5 Å². The Kier molecular flexibility index (Phi) is 7.26. The quantitative estimate of drug-likeness (QED) is 0.493. The number of primary amides is 1. The van der Waals surface area contributed by atoms with E-state index in [1.165, 1.54) is 11.8 Å². The number of esters is 1. The summed E-state index contributed by atoms with van der Waals surface area (Å²) in [6, 6.07) is 17.9. The zero-order chi connectivity index (χ0) is 20.6. The Bertz CT molecular complexity index is 1010. The number of nitrogens with two attached hydrogens (primary N) is 1. The molecule has 2 N–H and O–H groups in total. The summed E-state index contributed by atoms with van der Waals surface area (Å²) in [5.41, 5.74) is 6.27. The molecule has 0 atom stereocenters. The lowest BCUT2D eigenvalue weighted by atomic mass is 10.2. The largest absolute Gasteiger partial charge is 0.484 e. The second kappa shape index (κ2) is 10.1. The number of aromatic nitrogens is 1. The monoisotopic (exact) mass is 472 g/mol. The summed E-state index contributed by atoms with van der Waals surface area (Å²) in [6.45, 7) is -0.139. The van der Waals surface area contributed by atoms with Gasteiger partial charge in [-0.1, -0.05) is 36.0 Å². The molecular weight excluding hydrogens is 456 g/mol. The van der Waals surface area contributed by atoms with Crippen molar-refractivity contribution in [2.45, 2.75) is 16.5 Å². The van der Waals surface area contributed by atoms with Gasteiger partial charge in [-0.25, -0.2) is 9.78 Å². The molecule has 3 rings (SSSR count). The molecule has 1 heterocycles. The molecule has 29 heavy (non-hydrogen) atoms. The van der Waals surface area contributed by atoms with Crippen molar-refractivity contribution in [3.05, 3.63) is 82.5 Å². The number of ether oxygens (including phenoxy) is 2. The number of hydrogen-bond donors (Lipinski definition) is 1. The van der Waals surface area contributed by atoms with Crippen molar-refractivity contribution in [1.82, 2.24) is 4.98 Å². The predicted molar refractivity (Wildman–Crippen MR) is 113 cm³/mol. The Balaban J connectivity index is 1.66. The van der Waals surface area contributed by atoms with Gasteiger partial charge in [0.2, 0.25) is 0 Å². The number of pyridine rings is 1. The summed E-state index contributed by atoms with van der Waals surface area (Å²) < 4.78 is 11.6. The lowest BCUT2D eigenvalue weighted by molar-refractivity contribution is -0.119. The third-order valence-electron chi connectivity index (χ3n) is 3.67. The molecule has 0 aliphatic rings. The van der Waals surface area contributed by atoms with Gasteiger partial charge in [-0.15, -0.1) is 0 Å². The van der Waals surface area contributed by atoms with Crippen molar-refractivity contribution in [1.29, 1.82) is 0 Å². The van der Waals surface area contributed by atoms with Crippen LogP contribution in [0.5, 0.6) is 5.75 Å². The van der Waals surface area contributed by atoms with Gasteiger partial charge in [-0.2, -0.15) is 0 Å². The third-order valence-corrected chi connectivity index (χ3v) is 5.17. The molecule has 0 bridgehead atoms. The Morgan fingerprint density at radius 2 is 1.90 bits per heavy atom. The zero-order valence-corrected chi connectivity index (χ0v) is 17.6. The van der Waals surface area contributed by atoms with E-state index in [-0.39, 0.29) is 13.2 Å². The van der Waals surface area contributed by atoms with Crippen LogP contribution in [0.3, 0.4) is 0 Å². The minimum Gasteiger partial charge on any atom is -0.484 e. The van der Waals surface area contributed by atoms with Crippen molar-refractivity contribution >= 4 is 39.6 Å². The van der Waals surface area contributed by atoms with Crippen LogP contribution in [0.1, 0.15) is 15.9 Å². The molecule has 6 nitrogen and oxygen atoms in total. The number of nitrogens with zero attached hydrogens (tertiary/aromatic N) is 1. The highest BCUT2D eigenvalue weighted by molar-refractivity contribution is 9.10. The van der Waals surface area contributed by atoms with Crippen molar-refractivity contribution in [2.75, 3.05) is 6.61 Å². The highest BCUT2D eigenvalue weighted by atomic mass is 79.9. The fraction of sp³-hybridized carbons (Fsp3) is 0.0952. The molecule has 0 saturated carbocycles. The van der Waals surface area contributed by atoms with E-state index in [1.807, 2.05) is 24.3 Å². The van der Waals surface area contributed by atoms with Crippen molar-refractivity contribution in [3.63, 3.8) is 0 Å². The Morgan fingerprint density at radius 1 is 1.07 bits per heavy atom. The first kappa shape index (κ1) is 20.9. The molecule has 0 saturated heterocycles. The predicted octanol–water partition coefficient (Wildman–Crippen LogP) is 4.22. The molecule has 0 unspecified atom stereocenters. The van der Waals surface area contributed by atoms with Gasteiger partial charge in [-0.3, -0.25) is 4.79 Å². The van der Waals surface area contributed by atoms with Gasteiger partial charge in [0.05, 0.1) is 5.56 Å². The molecular formula is C21H17BrN2O4S. The molecule has 0 aliphatic carbocycles. The summed E-state index contributed by atoms with van der Waals surface area (Å²) in [5, 5.41) is 0.771. The SMILES string of the molecule is NC(=O)COc1cccc(COC(=O)c2ccccc2Sc2ccc(Br)cn2)c1. The molecule has 8 heteroatoms. The summed E-state index contributed by atoms with van der Waals surface area (Å²) in [6.07, 6.45) is 1.70. The van der Waals surface area contributed by atoms with Crippen LogP contribution in [-0.2, 0) is 16.1 Å². The van der Waals surface area contributed by atoms with Gasteiger partial charge >= 0.3 is 5.97 Å². The first-order chi connectivity index (χ1) is 14.0. The highest BCUT2D eigenvalue weighted by Crippen LogP contribution is 2.30. The van der Waals surface area contributed by atoms with E-state index in [9.17, 15) is 9.59 Å². The van der Waals surface area contributed by atoms with Crippen molar-refractivity contribution < 1.29 is 19.1 Å². The number of benzene rings is 2. The van der Waals surface area contributed by atoms with Gasteiger partial charge < -0.3 is 15.2 Å². The van der Waals surface area contributed by atoms with Crippen LogP contribution >= 0.6 is 27.7 Å². The second-order valence-electron chi connectivity index (χ2n) is 5.89. The molecule has 0 fully saturated rings. The van der Waals surface area contributed by atoms with E-state index >= 15 is 0 Å². The fourth-order valence-corrected chi connectivity index (χ4v) is 3.47. The van der Waals surface area contributed by atoms with E-state index in [4.69, 9.17) is 15.2 Å². The maximum Gasteiger partial charge on any atom is 0.339 e.